The molecule has 23 heteroatoms. The van der Waals surface area contributed by atoms with Crippen molar-refractivity contribution in [3.63, 3.8) is 0 Å². The topological polar surface area (TPSA) is 76.0 Å². The van der Waals surface area contributed by atoms with Crippen LogP contribution in [0.4, 0.5) is 79.0 Å². The molecule has 0 aromatic heterocycles. The highest BCUT2D eigenvalue weighted by atomic mass is 19.4. The van der Waals surface area contributed by atoms with Gasteiger partial charge in [-0.1, -0.05) is 6.92 Å². The van der Waals surface area contributed by atoms with E-state index in [4.69, 9.17) is 0 Å². The molecular formula is C21H22F18O5. The molecule has 0 aromatic carbocycles. The Morgan fingerprint density at radius 1 is 0.659 bits per heavy atom. The van der Waals surface area contributed by atoms with Crippen molar-refractivity contribution in [2.24, 2.45) is 17.3 Å². The van der Waals surface area contributed by atoms with Crippen molar-refractivity contribution in [1.82, 2.24) is 0 Å². The Bertz CT molecular complexity index is 904. The molecule has 3 unspecified atom stereocenters. The Kier molecular flexibility index (Phi) is 11.0. The summed E-state index contributed by atoms with van der Waals surface area (Å²) in [7, 11) is 0. The first-order chi connectivity index (χ1) is 19.1. The predicted molar refractivity (Wildman–Crippen MR) is 105 cm³/mol. The summed E-state index contributed by atoms with van der Waals surface area (Å²) in [6, 6.07) is 0. The molecule has 3 atom stereocenters. The predicted octanol–water partition coefficient (Wildman–Crippen LogP) is 6.95. The van der Waals surface area contributed by atoms with Gasteiger partial charge in [-0.2, -0.15) is 79.0 Å². The molecule has 0 aliphatic heterocycles. The van der Waals surface area contributed by atoms with E-state index in [9.17, 15) is 94.0 Å². The fourth-order valence-electron chi connectivity index (χ4n) is 4.53. The standard InChI is InChI=1S/C21H22F18O5/c1-3-13(2,7-43-11(16(22,23)24)17(25,26)27)12(40)44-10-5-8(14(41,18(28,29)30)19(31,32)33)4-9(6-10)15(42,20(34,35)36)21(37,38)39/h8-11,41-42H,3-7H2,1-2H3. The molecule has 0 saturated heterocycles. The van der Waals surface area contributed by atoms with Crippen molar-refractivity contribution in [2.75, 3.05) is 6.61 Å². The second-order valence-electron chi connectivity index (χ2n) is 10.3. The van der Waals surface area contributed by atoms with E-state index in [1.807, 2.05) is 0 Å². The second-order valence-corrected chi connectivity index (χ2v) is 10.3. The van der Waals surface area contributed by atoms with Crippen molar-refractivity contribution in [3.8, 4) is 0 Å². The molecule has 0 spiro atoms. The Labute approximate surface area is 234 Å². The van der Waals surface area contributed by atoms with Gasteiger partial charge in [0, 0.05) is 11.8 Å². The van der Waals surface area contributed by atoms with Crippen LogP contribution in [0.2, 0.25) is 0 Å². The van der Waals surface area contributed by atoms with Gasteiger partial charge in [0.15, 0.2) is 0 Å². The summed E-state index contributed by atoms with van der Waals surface area (Å²) in [6.07, 6.45) is -54.3. The molecule has 1 aliphatic carbocycles. The lowest BCUT2D eigenvalue weighted by atomic mass is 9.65. The monoisotopic (exact) mass is 696 g/mol. The summed E-state index contributed by atoms with van der Waals surface area (Å²) in [5, 5.41) is 19.4. The highest BCUT2D eigenvalue weighted by Gasteiger charge is 2.78. The van der Waals surface area contributed by atoms with Crippen molar-refractivity contribution in [3.05, 3.63) is 0 Å². The van der Waals surface area contributed by atoms with Crippen molar-refractivity contribution < 1.29 is 104 Å². The third-order valence-corrected chi connectivity index (χ3v) is 7.28. The molecule has 1 aliphatic rings. The largest absolute Gasteiger partial charge is 0.462 e. The number of esters is 1. The second kappa shape index (κ2) is 12.0. The lowest BCUT2D eigenvalue weighted by Crippen LogP contribution is -2.67. The Balaban J connectivity index is 3.65. The molecule has 0 radical (unpaired) electrons. The summed E-state index contributed by atoms with van der Waals surface area (Å²) in [4.78, 5) is 12.7. The van der Waals surface area contributed by atoms with E-state index in [1.165, 1.54) is 0 Å². The van der Waals surface area contributed by atoms with Crippen LogP contribution in [0.1, 0.15) is 39.5 Å². The Hall–Kier alpha value is -1.91. The van der Waals surface area contributed by atoms with Gasteiger partial charge in [-0.15, -0.1) is 0 Å². The van der Waals surface area contributed by atoms with Crippen LogP contribution in [-0.2, 0) is 14.3 Å². The van der Waals surface area contributed by atoms with Crippen LogP contribution in [0.15, 0.2) is 0 Å². The van der Waals surface area contributed by atoms with Crippen LogP contribution in [0, 0.1) is 17.3 Å². The maximum Gasteiger partial charge on any atom is 0.426 e. The third-order valence-electron chi connectivity index (χ3n) is 7.28. The normalized spacial score (nSPS) is 23.5. The lowest BCUT2D eigenvalue weighted by Gasteiger charge is -2.48. The molecule has 44 heavy (non-hydrogen) atoms. The number of hydrogen-bond donors (Lipinski definition) is 2. The minimum atomic E-state index is -6.84. The summed E-state index contributed by atoms with van der Waals surface area (Å²) in [5.74, 6) is -9.56. The van der Waals surface area contributed by atoms with E-state index in [0.29, 0.717) is 6.92 Å². The number of aliphatic hydroxyl groups is 2. The average molecular weight is 696 g/mol. The minimum Gasteiger partial charge on any atom is -0.462 e. The first kappa shape index (κ1) is 40.1. The number of carbonyl (C=O) groups is 1. The fourth-order valence-corrected chi connectivity index (χ4v) is 4.53. The molecule has 1 saturated carbocycles. The Morgan fingerprint density at radius 3 is 1.23 bits per heavy atom. The molecule has 0 heterocycles. The highest BCUT2D eigenvalue weighted by Crippen LogP contribution is 2.58. The van der Waals surface area contributed by atoms with Gasteiger partial charge in [0.05, 0.1) is 12.0 Å². The molecular weight excluding hydrogens is 674 g/mol. The van der Waals surface area contributed by atoms with Gasteiger partial charge in [-0.05, 0) is 32.6 Å². The maximum atomic E-state index is 13.5. The van der Waals surface area contributed by atoms with Gasteiger partial charge < -0.3 is 19.7 Å². The smallest absolute Gasteiger partial charge is 0.426 e. The number of hydrogen-bond acceptors (Lipinski definition) is 5. The van der Waals surface area contributed by atoms with Crippen LogP contribution >= 0.6 is 0 Å². The summed E-state index contributed by atoms with van der Waals surface area (Å²) < 4.78 is 247. The quantitative estimate of drug-likeness (QED) is 0.212. The molecule has 0 bridgehead atoms. The molecule has 0 aromatic rings. The zero-order chi connectivity index (χ0) is 35.3. The van der Waals surface area contributed by atoms with Crippen molar-refractivity contribution in [1.29, 1.82) is 0 Å². The summed E-state index contributed by atoms with van der Waals surface area (Å²) in [5.41, 5.74) is -14.8. The van der Waals surface area contributed by atoms with Gasteiger partial charge in [0.25, 0.3) is 11.2 Å². The fraction of sp³-hybridized carbons (Fsp3) is 0.952. The van der Waals surface area contributed by atoms with E-state index in [1.54, 1.807) is 0 Å². The van der Waals surface area contributed by atoms with Gasteiger partial charge >= 0.3 is 43.0 Å². The molecule has 1 rings (SSSR count). The van der Waals surface area contributed by atoms with Gasteiger partial charge in [-0.25, -0.2) is 0 Å². The van der Waals surface area contributed by atoms with Crippen LogP contribution < -0.4 is 0 Å². The highest BCUT2D eigenvalue weighted by molar-refractivity contribution is 5.76. The number of halogens is 18. The molecule has 0 amide bonds. The van der Waals surface area contributed by atoms with Crippen LogP contribution in [0.5, 0.6) is 0 Å². The molecule has 1 fully saturated rings. The molecule has 5 nitrogen and oxygen atoms in total. The minimum absolute atomic E-state index is 0.500. The maximum absolute atomic E-state index is 13.5. The zero-order valence-electron chi connectivity index (χ0n) is 21.8. The van der Waals surface area contributed by atoms with Crippen LogP contribution in [0.3, 0.4) is 0 Å². The van der Waals surface area contributed by atoms with E-state index in [0.717, 1.165) is 6.92 Å². The van der Waals surface area contributed by atoms with E-state index in [-0.39, 0.29) is 0 Å². The first-order valence-electron chi connectivity index (χ1n) is 11.8. The van der Waals surface area contributed by atoms with Crippen molar-refractivity contribution >= 4 is 5.97 Å². The number of carbonyl (C=O) groups excluding carboxylic acids is 1. The van der Waals surface area contributed by atoms with E-state index in [2.05, 4.69) is 9.47 Å². The van der Waals surface area contributed by atoms with E-state index < -0.39 is 116 Å². The SMILES string of the molecule is CCC(C)(COC(C(F)(F)F)C(F)(F)F)C(=O)OC1CC(C(O)(C(F)(F)F)C(F)(F)F)CC(C(O)(C(F)(F)F)C(F)(F)F)C1. The van der Waals surface area contributed by atoms with Crippen molar-refractivity contribution in [2.45, 2.75) is 100.0 Å². The summed E-state index contributed by atoms with van der Waals surface area (Å²) in [6.45, 7) is -0.512. The van der Waals surface area contributed by atoms with Gasteiger partial charge in [0.2, 0.25) is 6.10 Å². The Morgan fingerprint density at radius 2 is 0.977 bits per heavy atom. The average Bonchev–Trinajstić information content (AvgIpc) is 2.77. The molecule has 2 N–H and O–H groups in total. The van der Waals surface area contributed by atoms with E-state index >= 15 is 0 Å². The molecule has 262 valence electrons. The number of ether oxygens (including phenoxy) is 2. The van der Waals surface area contributed by atoms with Gasteiger partial charge in [-0.3, -0.25) is 4.79 Å². The summed E-state index contributed by atoms with van der Waals surface area (Å²) >= 11 is 0. The van der Waals surface area contributed by atoms with Crippen LogP contribution in [-0.4, -0.2) is 83.3 Å². The van der Waals surface area contributed by atoms with Crippen LogP contribution in [0.25, 0.3) is 0 Å². The van der Waals surface area contributed by atoms with Gasteiger partial charge in [0.1, 0.15) is 6.10 Å². The first-order valence-corrected chi connectivity index (χ1v) is 11.8. The lowest BCUT2D eigenvalue weighted by molar-refractivity contribution is -0.405. The number of rotatable bonds is 8. The zero-order valence-corrected chi connectivity index (χ0v) is 21.8. The third kappa shape index (κ3) is 7.72. The number of alkyl halides is 18.